The van der Waals surface area contributed by atoms with Gasteiger partial charge in [-0.25, -0.2) is 8.78 Å². The molecule has 1 atom stereocenters. The number of anilines is 4. The van der Waals surface area contributed by atoms with Crippen molar-refractivity contribution in [3.8, 4) is 0 Å². The Labute approximate surface area is 195 Å². The largest absolute Gasteiger partial charge is 0.390 e. The second-order valence-corrected chi connectivity index (χ2v) is 8.50. The van der Waals surface area contributed by atoms with Gasteiger partial charge in [-0.1, -0.05) is 0 Å². The Morgan fingerprint density at radius 1 is 1.21 bits per heavy atom. The van der Waals surface area contributed by atoms with Gasteiger partial charge in [0.15, 0.2) is 5.82 Å². The molecule has 4 rings (SSSR count). The molecule has 0 unspecified atom stereocenters. The Hall–Kier alpha value is -3.45. The van der Waals surface area contributed by atoms with E-state index in [1.54, 1.807) is 13.0 Å². The molecule has 1 saturated heterocycles. The lowest BCUT2D eigenvalue weighted by Crippen LogP contribution is -2.43. The summed E-state index contributed by atoms with van der Waals surface area (Å²) >= 11 is 0. The second kappa shape index (κ2) is 9.81. The summed E-state index contributed by atoms with van der Waals surface area (Å²) in [6, 6.07) is 1.77. The predicted molar refractivity (Wildman–Crippen MR) is 121 cm³/mol. The van der Waals surface area contributed by atoms with Crippen LogP contribution in [0.1, 0.15) is 37.2 Å². The minimum atomic E-state index is -0.813. The number of ether oxygens (including phenoxy) is 1. The van der Waals surface area contributed by atoms with Crippen molar-refractivity contribution in [3.05, 3.63) is 41.4 Å². The fourth-order valence-corrected chi connectivity index (χ4v) is 3.60. The maximum atomic E-state index is 14.4. The molecule has 4 N–H and O–H groups in total. The molecule has 1 aliphatic rings. The predicted octanol–water partition coefficient (Wildman–Crippen LogP) is 2.47. The number of nitrogens with one attached hydrogen (secondary N) is 3. The van der Waals surface area contributed by atoms with Crippen molar-refractivity contribution in [2.75, 3.05) is 42.3 Å². The normalized spacial score (nSPS) is 16.4. The van der Waals surface area contributed by atoms with Crippen molar-refractivity contribution in [2.24, 2.45) is 0 Å². The molecule has 13 heteroatoms. The van der Waals surface area contributed by atoms with Crippen LogP contribution in [0.25, 0.3) is 0 Å². The summed E-state index contributed by atoms with van der Waals surface area (Å²) in [6.45, 7) is 4.80. The van der Waals surface area contributed by atoms with Gasteiger partial charge in [0.1, 0.15) is 17.3 Å². The van der Waals surface area contributed by atoms with Gasteiger partial charge >= 0.3 is 0 Å². The van der Waals surface area contributed by atoms with E-state index >= 15 is 0 Å². The Bertz CT molecular complexity index is 1130. The molecule has 4 heterocycles. The minimum absolute atomic E-state index is 0.0309. The van der Waals surface area contributed by atoms with Crippen LogP contribution in [-0.4, -0.2) is 67.6 Å². The standard InChI is InChI=1S/C21H27F2N9O2/c1-12-8-16(31-30-12)26-19-27-18(28-20(29-19)32-6-4-21(2,33)5-7-32)25-15(11-34-3)17-14(23)9-13(22)10-24-17/h8-10,15,33H,4-7,11H2,1-3H3,(H3,25,26,27,28,29,30,31)/t15-/m0/s1. The number of pyridine rings is 1. The van der Waals surface area contributed by atoms with Gasteiger partial charge in [0, 0.05) is 38.0 Å². The number of aromatic amines is 1. The van der Waals surface area contributed by atoms with Crippen LogP contribution < -0.4 is 15.5 Å². The van der Waals surface area contributed by atoms with Crippen LogP contribution in [0.4, 0.5) is 32.4 Å². The van der Waals surface area contributed by atoms with E-state index in [9.17, 15) is 13.9 Å². The number of methoxy groups -OCH3 is 1. The van der Waals surface area contributed by atoms with E-state index in [-0.39, 0.29) is 24.2 Å². The highest BCUT2D eigenvalue weighted by atomic mass is 19.1. The third kappa shape index (κ3) is 5.72. The molecular formula is C21H27F2N9O2. The van der Waals surface area contributed by atoms with Crippen molar-refractivity contribution in [2.45, 2.75) is 38.3 Å². The average Bonchev–Trinajstić information content (AvgIpc) is 3.18. The molecule has 3 aromatic heterocycles. The molecule has 182 valence electrons. The topological polar surface area (TPSA) is 137 Å². The van der Waals surface area contributed by atoms with Crippen molar-refractivity contribution in [1.29, 1.82) is 0 Å². The molecule has 1 aliphatic heterocycles. The molecule has 0 aliphatic carbocycles. The van der Waals surface area contributed by atoms with E-state index in [4.69, 9.17) is 4.74 Å². The summed E-state index contributed by atoms with van der Waals surface area (Å²) in [6.07, 6.45) is 2.05. The van der Waals surface area contributed by atoms with Crippen LogP contribution in [0.15, 0.2) is 18.3 Å². The minimum Gasteiger partial charge on any atom is -0.390 e. The molecule has 0 bridgehead atoms. The first kappa shape index (κ1) is 23.7. The zero-order valence-corrected chi connectivity index (χ0v) is 19.1. The van der Waals surface area contributed by atoms with E-state index < -0.39 is 23.3 Å². The summed E-state index contributed by atoms with van der Waals surface area (Å²) in [5.41, 5.74) is 0.0798. The summed E-state index contributed by atoms with van der Waals surface area (Å²) < 4.78 is 33.0. The molecule has 11 nitrogen and oxygen atoms in total. The molecule has 0 saturated carbocycles. The molecule has 34 heavy (non-hydrogen) atoms. The molecule has 0 amide bonds. The second-order valence-electron chi connectivity index (χ2n) is 8.50. The number of hydrogen-bond donors (Lipinski definition) is 4. The summed E-state index contributed by atoms with van der Waals surface area (Å²) in [4.78, 5) is 19.2. The van der Waals surface area contributed by atoms with E-state index in [2.05, 4.69) is 40.8 Å². The number of aryl methyl sites for hydroxylation is 1. The zero-order valence-electron chi connectivity index (χ0n) is 19.1. The Morgan fingerprint density at radius 2 is 1.94 bits per heavy atom. The number of aromatic nitrogens is 6. The number of nitrogens with zero attached hydrogens (tertiary/aromatic N) is 6. The summed E-state index contributed by atoms with van der Waals surface area (Å²) in [5.74, 6) is -0.327. The van der Waals surface area contributed by atoms with Crippen LogP contribution in [-0.2, 0) is 4.74 Å². The van der Waals surface area contributed by atoms with Gasteiger partial charge in [-0.15, -0.1) is 0 Å². The lowest BCUT2D eigenvalue weighted by atomic mass is 9.94. The Morgan fingerprint density at radius 3 is 2.59 bits per heavy atom. The fraction of sp³-hybridized carbons (Fsp3) is 0.476. The number of H-pyrrole nitrogens is 1. The lowest BCUT2D eigenvalue weighted by molar-refractivity contribution is 0.0349. The Balaban J connectivity index is 1.65. The zero-order chi connectivity index (χ0) is 24.3. The van der Waals surface area contributed by atoms with Crippen LogP contribution in [0.5, 0.6) is 0 Å². The van der Waals surface area contributed by atoms with E-state index in [0.29, 0.717) is 37.7 Å². The van der Waals surface area contributed by atoms with Crippen molar-refractivity contribution in [3.63, 3.8) is 0 Å². The number of piperidine rings is 1. The van der Waals surface area contributed by atoms with Gasteiger partial charge in [0.25, 0.3) is 0 Å². The quantitative estimate of drug-likeness (QED) is 0.384. The SMILES string of the molecule is COC[C@H](Nc1nc(Nc2cc(C)[nH]n2)nc(N2CCC(C)(O)CC2)n1)c1ncc(F)cc1F. The molecule has 0 aromatic carbocycles. The first-order chi connectivity index (χ1) is 16.2. The number of hydrogen-bond acceptors (Lipinski definition) is 10. The van der Waals surface area contributed by atoms with Gasteiger partial charge in [-0.3, -0.25) is 10.1 Å². The molecule has 3 aromatic rings. The van der Waals surface area contributed by atoms with Crippen molar-refractivity contribution in [1.82, 2.24) is 30.1 Å². The average molecular weight is 476 g/mol. The van der Waals surface area contributed by atoms with Crippen LogP contribution in [0.3, 0.4) is 0 Å². The summed E-state index contributed by atoms with van der Waals surface area (Å²) in [7, 11) is 1.46. The maximum Gasteiger partial charge on any atom is 0.235 e. The molecule has 1 fully saturated rings. The first-order valence-corrected chi connectivity index (χ1v) is 10.8. The smallest absolute Gasteiger partial charge is 0.235 e. The van der Waals surface area contributed by atoms with E-state index in [1.807, 2.05) is 11.8 Å². The lowest BCUT2D eigenvalue weighted by Gasteiger charge is -2.35. The van der Waals surface area contributed by atoms with Gasteiger partial charge in [0.05, 0.1) is 24.4 Å². The van der Waals surface area contributed by atoms with Gasteiger partial charge < -0.3 is 25.4 Å². The number of rotatable bonds is 8. The third-order valence-electron chi connectivity index (χ3n) is 5.50. The highest BCUT2D eigenvalue weighted by Crippen LogP contribution is 2.27. The molecular weight excluding hydrogens is 448 g/mol. The molecule has 0 spiro atoms. The van der Waals surface area contributed by atoms with Crippen LogP contribution >= 0.6 is 0 Å². The summed E-state index contributed by atoms with van der Waals surface area (Å²) in [5, 5.41) is 23.3. The number of aliphatic hydroxyl groups is 1. The number of halogens is 2. The Kier molecular flexibility index (Phi) is 6.84. The fourth-order valence-electron chi connectivity index (χ4n) is 3.60. The highest BCUT2D eigenvalue weighted by Gasteiger charge is 2.29. The van der Waals surface area contributed by atoms with Crippen molar-refractivity contribution < 1.29 is 18.6 Å². The van der Waals surface area contributed by atoms with Gasteiger partial charge in [-0.2, -0.15) is 20.1 Å². The van der Waals surface area contributed by atoms with Gasteiger partial charge in [0.2, 0.25) is 17.8 Å². The van der Waals surface area contributed by atoms with Crippen LogP contribution in [0, 0.1) is 18.6 Å². The van der Waals surface area contributed by atoms with Gasteiger partial charge in [-0.05, 0) is 26.7 Å². The monoisotopic (exact) mass is 475 g/mol. The molecule has 0 radical (unpaired) electrons. The maximum absolute atomic E-state index is 14.4. The van der Waals surface area contributed by atoms with Crippen LogP contribution in [0.2, 0.25) is 0 Å². The van der Waals surface area contributed by atoms with Crippen molar-refractivity contribution >= 4 is 23.7 Å². The highest BCUT2D eigenvalue weighted by molar-refractivity contribution is 5.53. The first-order valence-electron chi connectivity index (χ1n) is 10.8. The third-order valence-corrected chi connectivity index (χ3v) is 5.50. The van der Waals surface area contributed by atoms with E-state index in [1.165, 1.54) is 7.11 Å². The van der Waals surface area contributed by atoms with E-state index in [0.717, 1.165) is 18.0 Å².